The number of carbonyl (C=O) groups is 1. The van der Waals surface area contributed by atoms with Crippen LogP contribution in [0.3, 0.4) is 0 Å². The number of H-pyrrole nitrogens is 1. The highest BCUT2D eigenvalue weighted by Crippen LogP contribution is 2.21. The van der Waals surface area contributed by atoms with E-state index in [9.17, 15) is 13.2 Å². The van der Waals surface area contributed by atoms with Gasteiger partial charge >= 0.3 is 0 Å². The third kappa shape index (κ3) is 3.39. The van der Waals surface area contributed by atoms with Crippen LogP contribution in [0, 0.1) is 11.3 Å². The van der Waals surface area contributed by atoms with Gasteiger partial charge in [-0.15, -0.1) is 0 Å². The summed E-state index contributed by atoms with van der Waals surface area (Å²) < 4.78 is 26.8. The van der Waals surface area contributed by atoms with Crippen molar-refractivity contribution in [2.45, 2.75) is 4.90 Å². The first-order chi connectivity index (χ1) is 11.9. The van der Waals surface area contributed by atoms with Crippen LogP contribution in [0.25, 0.3) is 0 Å². The molecule has 0 spiro atoms. The number of nitriles is 1. The second-order valence-corrected chi connectivity index (χ2v) is 7.88. The van der Waals surface area contributed by atoms with Gasteiger partial charge < -0.3 is 9.88 Å². The predicted molar refractivity (Wildman–Crippen MR) is 91.6 cm³/mol. The zero-order chi connectivity index (χ0) is 18.0. The van der Waals surface area contributed by atoms with Gasteiger partial charge in [-0.1, -0.05) is 23.7 Å². The van der Waals surface area contributed by atoms with E-state index in [-0.39, 0.29) is 42.5 Å². The highest BCUT2D eigenvalue weighted by Gasteiger charge is 2.32. The number of rotatable bonds is 3. The Labute approximate surface area is 150 Å². The van der Waals surface area contributed by atoms with E-state index in [2.05, 4.69) is 4.98 Å². The fraction of sp³-hybridized carbons (Fsp3) is 0.250. The van der Waals surface area contributed by atoms with Crippen LogP contribution in [0.2, 0.25) is 5.02 Å². The molecule has 1 fully saturated rings. The van der Waals surface area contributed by atoms with Crippen LogP contribution in [-0.2, 0) is 10.0 Å². The third-order valence-corrected chi connectivity index (χ3v) is 6.20. The van der Waals surface area contributed by atoms with Crippen molar-refractivity contribution < 1.29 is 13.2 Å². The molecular formula is C16H15ClN4O3S. The van der Waals surface area contributed by atoms with Crippen LogP contribution >= 0.6 is 11.6 Å². The number of hydrogen-bond donors (Lipinski definition) is 1. The smallest absolute Gasteiger partial charge is 0.270 e. The highest BCUT2D eigenvalue weighted by atomic mass is 35.5. The Hall–Kier alpha value is -2.34. The summed E-state index contributed by atoms with van der Waals surface area (Å²) in [4.78, 5) is 16.7. The normalized spacial score (nSPS) is 15.8. The van der Waals surface area contributed by atoms with Gasteiger partial charge in [0.15, 0.2) is 0 Å². The lowest BCUT2D eigenvalue weighted by atomic mass is 10.2. The molecule has 2 aromatic rings. The summed E-state index contributed by atoms with van der Waals surface area (Å²) in [6.07, 6.45) is 1.52. The van der Waals surface area contributed by atoms with E-state index in [1.807, 2.05) is 6.07 Å². The van der Waals surface area contributed by atoms with Gasteiger partial charge in [-0.25, -0.2) is 8.42 Å². The van der Waals surface area contributed by atoms with Crippen molar-refractivity contribution in [1.29, 1.82) is 5.26 Å². The van der Waals surface area contributed by atoms with Crippen molar-refractivity contribution in [3.63, 3.8) is 0 Å². The summed E-state index contributed by atoms with van der Waals surface area (Å²) in [5.74, 6) is -0.221. The van der Waals surface area contributed by atoms with E-state index in [1.54, 1.807) is 17.0 Å². The van der Waals surface area contributed by atoms with Crippen LogP contribution < -0.4 is 0 Å². The molecule has 0 atom stereocenters. The zero-order valence-corrected chi connectivity index (χ0v) is 14.7. The molecule has 1 aliphatic rings. The summed E-state index contributed by atoms with van der Waals surface area (Å²) in [7, 11) is -3.77. The molecule has 0 bridgehead atoms. The van der Waals surface area contributed by atoms with Gasteiger partial charge in [0.2, 0.25) is 10.0 Å². The number of aromatic amines is 1. The minimum Gasteiger partial charge on any atom is -0.356 e. The zero-order valence-electron chi connectivity index (χ0n) is 13.1. The second kappa shape index (κ2) is 6.88. The lowest BCUT2D eigenvalue weighted by Gasteiger charge is -2.33. The second-order valence-electron chi connectivity index (χ2n) is 5.54. The molecule has 2 heterocycles. The highest BCUT2D eigenvalue weighted by molar-refractivity contribution is 7.89. The van der Waals surface area contributed by atoms with Gasteiger partial charge in [0.1, 0.15) is 11.8 Å². The Morgan fingerprint density at radius 2 is 1.88 bits per heavy atom. The molecule has 1 N–H and O–H groups in total. The number of halogens is 1. The van der Waals surface area contributed by atoms with Crippen molar-refractivity contribution in [1.82, 2.24) is 14.2 Å². The minimum absolute atomic E-state index is 0.00609. The van der Waals surface area contributed by atoms with E-state index < -0.39 is 10.0 Å². The van der Waals surface area contributed by atoms with Crippen molar-refractivity contribution >= 4 is 27.5 Å². The van der Waals surface area contributed by atoms with E-state index >= 15 is 0 Å². The summed E-state index contributed by atoms with van der Waals surface area (Å²) in [5, 5.41) is 9.57. The van der Waals surface area contributed by atoms with Gasteiger partial charge in [0.25, 0.3) is 5.91 Å². The Morgan fingerprint density at radius 1 is 1.20 bits per heavy atom. The lowest BCUT2D eigenvalue weighted by Crippen LogP contribution is -2.50. The maximum atomic E-state index is 12.8. The number of benzene rings is 1. The van der Waals surface area contributed by atoms with Crippen molar-refractivity contribution in [3.8, 4) is 6.07 Å². The number of hydrogen-bond acceptors (Lipinski definition) is 4. The fourth-order valence-electron chi connectivity index (χ4n) is 2.72. The first kappa shape index (κ1) is 17.5. The van der Waals surface area contributed by atoms with Crippen LogP contribution in [0.5, 0.6) is 0 Å². The quantitative estimate of drug-likeness (QED) is 0.878. The first-order valence-electron chi connectivity index (χ1n) is 7.56. The average Bonchev–Trinajstić information content (AvgIpc) is 3.07. The molecule has 130 valence electrons. The largest absolute Gasteiger partial charge is 0.356 e. The van der Waals surface area contributed by atoms with Gasteiger partial charge in [-0.3, -0.25) is 4.79 Å². The molecule has 0 unspecified atom stereocenters. The van der Waals surface area contributed by atoms with E-state index in [4.69, 9.17) is 16.9 Å². The monoisotopic (exact) mass is 378 g/mol. The standard InChI is InChI=1S/C16H15ClN4O3S/c17-13-9-14(19-11-13)16(22)20-5-7-21(8-6-20)25(23,24)15-4-2-1-3-12(15)10-18/h1-4,9,11,19H,5-8H2. The summed E-state index contributed by atoms with van der Waals surface area (Å²) in [5.41, 5.74) is 0.484. The van der Waals surface area contributed by atoms with Crippen LogP contribution in [0.4, 0.5) is 0 Å². The SMILES string of the molecule is N#Cc1ccccc1S(=O)(=O)N1CCN(C(=O)c2cc(Cl)c[nH]2)CC1. The summed E-state index contributed by atoms with van der Waals surface area (Å²) in [6, 6.07) is 9.55. The first-order valence-corrected chi connectivity index (χ1v) is 9.38. The van der Waals surface area contributed by atoms with Gasteiger partial charge in [-0.2, -0.15) is 9.57 Å². The van der Waals surface area contributed by atoms with Gasteiger partial charge in [-0.05, 0) is 18.2 Å². The van der Waals surface area contributed by atoms with E-state index in [1.165, 1.54) is 28.7 Å². The third-order valence-electron chi connectivity index (χ3n) is 4.03. The Kier molecular flexibility index (Phi) is 4.81. The lowest BCUT2D eigenvalue weighted by molar-refractivity contribution is 0.0692. The van der Waals surface area contributed by atoms with Gasteiger partial charge in [0.05, 0.1) is 15.5 Å². The van der Waals surface area contributed by atoms with Crippen molar-refractivity contribution in [3.05, 3.63) is 52.8 Å². The number of nitrogens with one attached hydrogen (secondary N) is 1. The van der Waals surface area contributed by atoms with E-state index in [0.29, 0.717) is 10.7 Å². The van der Waals surface area contributed by atoms with Crippen LogP contribution in [0.1, 0.15) is 16.1 Å². The molecule has 9 heteroatoms. The van der Waals surface area contributed by atoms with Crippen LogP contribution in [-0.4, -0.2) is 54.7 Å². The molecule has 1 saturated heterocycles. The number of amides is 1. The fourth-order valence-corrected chi connectivity index (χ4v) is 4.44. The summed E-state index contributed by atoms with van der Waals surface area (Å²) >= 11 is 5.81. The van der Waals surface area contributed by atoms with Crippen molar-refractivity contribution in [2.24, 2.45) is 0 Å². The number of piperazine rings is 1. The predicted octanol–water partition coefficient (Wildman–Crippen LogP) is 1.69. The van der Waals surface area contributed by atoms with E-state index in [0.717, 1.165) is 0 Å². The Bertz CT molecular complexity index is 940. The molecule has 0 aliphatic carbocycles. The number of sulfonamides is 1. The van der Waals surface area contributed by atoms with Crippen molar-refractivity contribution in [2.75, 3.05) is 26.2 Å². The minimum atomic E-state index is -3.77. The molecule has 1 amide bonds. The molecule has 1 aromatic carbocycles. The molecule has 3 rings (SSSR count). The molecule has 7 nitrogen and oxygen atoms in total. The molecule has 1 aromatic heterocycles. The Morgan fingerprint density at radius 3 is 2.48 bits per heavy atom. The molecular weight excluding hydrogens is 364 g/mol. The topological polar surface area (TPSA) is 97.3 Å². The number of carbonyl (C=O) groups excluding carboxylic acids is 1. The summed E-state index contributed by atoms with van der Waals surface area (Å²) in [6.45, 7) is 0.872. The van der Waals surface area contributed by atoms with Gasteiger partial charge in [0, 0.05) is 32.4 Å². The molecule has 0 radical (unpaired) electrons. The molecule has 0 saturated carbocycles. The number of aromatic nitrogens is 1. The molecule has 25 heavy (non-hydrogen) atoms. The average molecular weight is 379 g/mol. The maximum absolute atomic E-state index is 12.8. The molecule has 1 aliphatic heterocycles. The Balaban J connectivity index is 1.74. The van der Waals surface area contributed by atoms with Crippen LogP contribution in [0.15, 0.2) is 41.4 Å². The number of nitrogens with zero attached hydrogens (tertiary/aromatic N) is 3. The maximum Gasteiger partial charge on any atom is 0.270 e.